The number of amides is 1. The van der Waals surface area contributed by atoms with E-state index >= 15 is 0 Å². The number of carbonyl (C=O) groups is 2. The fourth-order valence-electron chi connectivity index (χ4n) is 1.38. The van der Waals surface area contributed by atoms with Gasteiger partial charge < -0.3 is 5.32 Å². The molecule has 1 amide bonds. The molecule has 0 saturated carbocycles. The number of Topliss-reactive ketones (excluding diaryl/α,β-unsaturated/α-hetero) is 1. The average molecular weight is 196 g/mol. The Balaban J connectivity index is 2.36. The minimum atomic E-state index is 0.151. The van der Waals surface area contributed by atoms with E-state index < -0.39 is 0 Å². The maximum atomic E-state index is 11.4. The SMILES string of the molecule is O=CNc1nc2c(s1)C(=O)CCC2. The quantitative estimate of drug-likeness (QED) is 0.724. The Morgan fingerprint density at radius 3 is 3.00 bits per heavy atom. The van der Waals surface area contributed by atoms with Crippen LogP contribution in [0.4, 0.5) is 5.13 Å². The van der Waals surface area contributed by atoms with Crippen LogP contribution in [0.5, 0.6) is 0 Å². The lowest BCUT2D eigenvalue weighted by Crippen LogP contribution is -2.07. The van der Waals surface area contributed by atoms with Crippen molar-refractivity contribution in [2.75, 3.05) is 5.32 Å². The van der Waals surface area contributed by atoms with Gasteiger partial charge in [-0.3, -0.25) is 9.59 Å². The van der Waals surface area contributed by atoms with Crippen LogP contribution < -0.4 is 5.32 Å². The summed E-state index contributed by atoms with van der Waals surface area (Å²) >= 11 is 1.26. The van der Waals surface area contributed by atoms with Crippen LogP contribution in [0.25, 0.3) is 0 Å². The van der Waals surface area contributed by atoms with Gasteiger partial charge in [-0.1, -0.05) is 11.3 Å². The summed E-state index contributed by atoms with van der Waals surface area (Å²) in [6.45, 7) is 0. The third-order valence-electron chi connectivity index (χ3n) is 1.95. The molecule has 5 heteroatoms. The molecular formula is C8H8N2O2S. The van der Waals surface area contributed by atoms with Crippen molar-refractivity contribution in [1.29, 1.82) is 0 Å². The van der Waals surface area contributed by atoms with E-state index in [2.05, 4.69) is 10.3 Å². The van der Waals surface area contributed by atoms with Crippen molar-refractivity contribution in [3.8, 4) is 0 Å². The van der Waals surface area contributed by atoms with E-state index in [0.29, 0.717) is 18.0 Å². The van der Waals surface area contributed by atoms with E-state index in [0.717, 1.165) is 23.4 Å². The molecule has 0 radical (unpaired) electrons. The minimum Gasteiger partial charge on any atom is -0.305 e. The molecule has 0 atom stereocenters. The summed E-state index contributed by atoms with van der Waals surface area (Å²) in [7, 11) is 0. The molecule has 0 bridgehead atoms. The number of nitrogens with zero attached hydrogens (tertiary/aromatic N) is 1. The van der Waals surface area contributed by atoms with E-state index in [4.69, 9.17) is 0 Å². The van der Waals surface area contributed by atoms with Gasteiger partial charge in [0.2, 0.25) is 6.41 Å². The summed E-state index contributed by atoms with van der Waals surface area (Å²) in [4.78, 5) is 26.4. The van der Waals surface area contributed by atoms with Crippen LogP contribution in [0, 0.1) is 0 Å². The number of ketones is 1. The van der Waals surface area contributed by atoms with Gasteiger partial charge in [-0.15, -0.1) is 0 Å². The van der Waals surface area contributed by atoms with E-state index in [-0.39, 0.29) is 5.78 Å². The van der Waals surface area contributed by atoms with Crippen molar-refractivity contribution in [2.24, 2.45) is 0 Å². The Kier molecular flexibility index (Phi) is 2.10. The first-order valence-electron chi connectivity index (χ1n) is 4.04. The van der Waals surface area contributed by atoms with Crippen molar-refractivity contribution in [3.05, 3.63) is 10.6 Å². The number of carbonyl (C=O) groups excluding carboxylic acids is 2. The number of aromatic nitrogens is 1. The molecule has 0 saturated heterocycles. The lowest BCUT2D eigenvalue weighted by atomic mass is 10.0. The van der Waals surface area contributed by atoms with Gasteiger partial charge in [-0.05, 0) is 12.8 Å². The van der Waals surface area contributed by atoms with Crippen LogP contribution in [0.1, 0.15) is 28.2 Å². The van der Waals surface area contributed by atoms with Crippen molar-refractivity contribution in [3.63, 3.8) is 0 Å². The predicted molar refractivity (Wildman–Crippen MR) is 49.1 cm³/mol. The molecule has 1 aliphatic carbocycles. The number of hydrogen-bond donors (Lipinski definition) is 1. The molecule has 0 aromatic carbocycles. The number of anilines is 1. The summed E-state index contributed by atoms with van der Waals surface area (Å²) in [6, 6.07) is 0. The first kappa shape index (κ1) is 8.37. The van der Waals surface area contributed by atoms with E-state index in [1.165, 1.54) is 11.3 Å². The molecule has 1 heterocycles. The summed E-state index contributed by atoms with van der Waals surface area (Å²) in [5.41, 5.74) is 0.839. The van der Waals surface area contributed by atoms with Gasteiger partial charge in [0.1, 0.15) is 0 Å². The molecule has 1 aliphatic rings. The highest BCUT2D eigenvalue weighted by molar-refractivity contribution is 7.17. The lowest BCUT2D eigenvalue weighted by Gasteiger charge is -2.05. The van der Waals surface area contributed by atoms with Crippen LogP contribution in [0.3, 0.4) is 0 Å². The van der Waals surface area contributed by atoms with E-state index in [9.17, 15) is 9.59 Å². The predicted octanol–water partition coefficient (Wildman–Crippen LogP) is 1.23. The highest BCUT2D eigenvalue weighted by Gasteiger charge is 2.21. The molecule has 4 nitrogen and oxygen atoms in total. The zero-order valence-electron chi connectivity index (χ0n) is 6.87. The zero-order valence-corrected chi connectivity index (χ0v) is 7.69. The van der Waals surface area contributed by atoms with Crippen molar-refractivity contribution in [1.82, 2.24) is 4.98 Å². The van der Waals surface area contributed by atoms with E-state index in [1.807, 2.05) is 0 Å². The molecule has 0 spiro atoms. The minimum absolute atomic E-state index is 0.151. The Bertz CT molecular complexity index is 359. The maximum absolute atomic E-state index is 11.4. The monoisotopic (exact) mass is 196 g/mol. The lowest BCUT2D eigenvalue weighted by molar-refractivity contribution is -0.105. The molecule has 0 unspecified atom stereocenters. The second kappa shape index (κ2) is 3.26. The number of hydrogen-bond acceptors (Lipinski definition) is 4. The Hall–Kier alpha value is -1.23. The second-order valence-electron chi connectivity index (χ2n) is 2.83. The molecular weight excluding hydrogens is 188 g/mol. The topological polar surface area (TPSA) is 59.1 Å². The Morgan fingerprint density at radius 1 is 1.46 bits per heavy atom. The fraction of sp³-hybridized carbons (Fsp3) is 0.375. The van der Waals surface area contributed by atoms with Crippen LogP contribution in [0.2, 0.25) is 0 Å². The highest BCUT2D eigenvalue weighted by atomic mass is 32.1. The molecule has 1 N–H and O–H groups in total. The third-order valence-corrected chi connectivity index (χ3v) is 3.02. The largest absolute Gasteiger partial charge is 0.305 e. The Labute approximate surface area is 79.0 Å². The molecule has 68 valence electrons. The van der Waals surface area contributed by atoms with Gasteiger partial charge in [0.05, 0.1) is 10.6 Å². The van der Waals surface area contributed by atoms with Crippen molar-refractivity contribution < 1.29 is 9.59 Å². The van der Waals surface area contributed by atoms with Crippen molar-refractivity contribution in [2.45, 2.75) is 19.3 Å². The summed E-state index contributed by atoms with van der Waals surface area (Å²) < 4.78 is 0. The summed E-state index contributed by atoms with van der Waals surface area (Å²) in [6.07, 6.45) is 2.90. The molecule has 0 aliphatic heterocycles. The van der Waals surface area contributed by atoms with Crippen LogP contribution in [-0.2, 0) is 11.2 Å². The number of rotatable bonds is 2. The molecule has 1 aromatic heterocycles. The van der Waals surface area contributed by atoms with Gasteiger partial charge in [0, 0.05) is 6.42 Å². The molecule has 2 rings (SSSR count). The first-order valence-corrected chi connectivity index (χ1v) is 4.86. The van der Waals surface area contributed by atoms with Gasteiger partial charge in [-0.25, -0.2) is 4.98 Å². The van der Waals surface area contributed by atoms with Gasteiger partial charge >= 0.3 is 0 Å². The van der Waals surface area contributed by atoms with E-state index in [1.54, 1.807) is 0 Å². The smallest absolute Gasteiger partial charge is 0.213 e. The highest BCUT2D eigenvalue weighted by Crippen LogP contribution is 2.29. The molecule has 13 heavy (non-hydrogen) atoms. The number of nitrogens with one attached hydrogen (secondary N) is 1. The zero-order chi connectivity index (χ0) is 9.26. The second-order valence-corrected chi connectivity index (χ2v) is 3.83. The first-order chi connectivity index (χ1) is 6.31. The molecule has 1 aromatic rings. The third kappa shape index (κ3) is 1.47. The van der Waals surface area contributed by atoms with Crippen LogP contribution >= 0.6 is 11.3 Å². The summed E-state index contributed by atoms with van der Waals surface area (Å²) in [5, 5.41) is 2.98. The Morgan fingerprint density at radius 2 is 2.31 bits per heavy atom. The fourth-order valence-corrected chi connectivity index (χ4v) is 2.32. The van der Waals surface area contributed by atoms with Gasteiger partial charge in [0.25, 0.3) is 0 Å². The van der Waals surface area contributed by atoms with Crippen LogP contribution in [-0.4, -0.2) is 17.2 Å². The number of aryl methyl sites for hydroxylation is 1. The standard InChI is InChI=1S/C8H8N2O2S/c11-4-9-8-10-5-2-1-3-6(12)7(5)13-8/h4H,1-3H2,(H,9,10,11). The number of fused-ring (bicyclic) bond motifs is 1. The number of thiazole rings is 1. The van der Waals surface area contributed by atoms with Gasteiger partial charge in [0.15, 0.2) is 10.9 Å². The average Bonchev–Trinajstić information content (AvgIpc) is 2.49. The summed E-state index contributed by atoms with van der Waals surface area (Å²) in [5.74, 6) is 0.151. The van der Waals surface area contributed by atoms with Crippen molar-refractivity contribution >= 4 is 28.7 Å². The van der Waals surface area contributed by atoms with Gasteiger partial charge in [-0.2, -0.15) is 0 Å². The maximum Gasteiger partial charge on any atom is 0.213 e. The molecule has 0 fully saturated rings. The normalized spacial score (nSPS) is 15.2. The van der Waals surface area contributed by atoms with Crippen LogP contribution in [0.15, 0.2) is 0 Å².